The van der Waals surface area contributed by atoms with Crippen molar-refractivity contribution < 1.29 is 9.53 Å². The summed E-state index contributed by atoms with van der Waals surface area (Å²) in [5.74, 6) is 0.791. The molecule has 0 aromatic heterocycles. The molecule has 26 heavy (non-hydrogen) atoms. The predicted molar refractivity (Wildman–Crippen MR) is 110 cm³/mol. The van der Waals surface area contributed by atoms with Crippen LogP contribution in [0.1, 0.15) is 36.2 Å². The van der Waals surface area contributed by atoms with E-state index in [9.17, 15) is 4.79 Å². The summed E-state index contributed by atoms with van der Waals surface area (Å²) in [6.45, 7) is 5.26. The van der Waals surface area contributed by atoms with Crippen molar-refractivity contribution in [2.45, 2.75) is 26.8 Å². The molecule has 1 amide bonds. The largest absolute Gasteiger partial charge is 0.493 e. The van der Waals surface area contributed by atoms with Gasteiger partial charge in [0.25, 0.3) is 5.91 Å². The van der Waals surface area contributed by atoms with Crippen LogP contribution in [0.25, 0.3) is 0 Å². The second kappa shape index (κ2) is 10.1. The number of nitrogens with one attached hydrogen (secondary N) is 2. The Morgan fingerprint density at radius 3 is 2.58 bits per heavy atom. The predicted octanol–water partition coefficient (Wildman–Crippen LogP) is 4.57. The Bertz CT molecular complexity index is 765. The first-order chi connectivity index (χ1) is 12.5. The van der Waals surface area contributed by atoms with Crippen LogP contribution in [-0.4, -0.2) is 17.6 Å². The molecular weight excluding hydrogens is 368 g/mol. The smallest absolute Gasteiger partial charge is 0.261 e. The zero-order valence-corrected chi connectivity index (χ0v) is 16.5. The highest BCUT2D eigenvalue weighted by molar-refractivity contribution is 7.80. The second-order valence-corrected chi connectivity index (χ2v) is 7.07. The number of rotatable bonds is 7. The molecule has 138 valence electrons. The Morgan fingerprint density at radius 1 is 1.15 bits per heavy atom. The normalized spacial score (nSPS) is 10.5. The molecule has 0 atom stereocenters. The Hall–Kier alpha value is -2.11. The van der Waals surface area contributed by atoms with Crippen molar-refractivity contribution in [3.05, 3.63) is 64.7 Å². The number of carbonyl (C=O) groups excluding carboxylic acids is 1. The van der Waals surface area contributed by atoms with E-state index < -0.39 is 0 Å². The summed E-state index contributed by atoms with van der Waals surface area (Å²) < 4.78 is 5.75. The van der Waals surface area contributed by atoms with Crippen LogP contribution in [0.5, 0.6) is 5.75 Å². The Morgan fingerprint density at radius 2 is 1.85 bits per heavy atom. The van der Waals surface area contributed by atoms with Gasteiger partial charge in [-0.05, 0) is 48.3 Å². The van der Waals surface area contributed by atoms with Gasteiger partial charge in [0.1, 0.15) is 5.75 Å². The third kappa shape index (κ3) is 6.32. The Kier molecular flexibility index (Phi) is 7.88. The highest BCUT2D eigenvalue weighted by Crippen LogP contribution is 2.19. The van der Waals surface area contributed by atoms with Crippen LogP contribution in [0.2, 0.25) is 5.02 Å². The van der Waals surface area contributed by atoms with Crippen LogP contribution in [0, 0.1) is 5.92 Å². The molecule has 2 aromatic carbocycles. The number of hydrogen-bond acceptors (Lipinski definition) is 3. The topological polar surface area (TPSA) is 50.4 Å². The van der Waals surface area contributed by atoms with E-state index in [0.29, 0.717) is 35.4 Å². The number of thiocarbonyl (C=S) groups is 1. The first kappa shape index (κ1) is 20.2. The molecule has 0 bridgehead atoms. The van der Waals surface area contributed by atoms with Gasteiger partial charge in [0.2, 0.25) is 0 Å². The third-order valence-electron chi connectivity index (χ3n) is 3.71. The fraction of sp³-hybridized carbons (Fsp3) is 0.300. The van der Waals surface area contributed by atoms with E-state index in [1.54, 1.807) is 18.2 Å². The molecular formula is C20H23ClN2O2S. The van der Waals surface area contributed by atoms with Gasteiger partial charge < -0.3 is 10.1 Å². The first-order valence-corrected chi connectivity index (χ1v) is 9.30. The van der Waals surface area contributed by atoms with Crippen LogP contribution in [0.3, 0.4) is 0 Å². The monoisotopic (exact) mass is 390 g/mol. The fourth-order valence-electron chi connectivity index (χ4n) is 2.22. The molecule has 4 nitrogen and oxygen atoms in total. The summed E-state index contributed by atoms with van der Waals surface area (Å²) in [6.07, 6.45) is 0.924. The van der Waals surface area contributed by atoms with Gasteiger partial charge in [-0.15, -0.1) is 0 Å². The van der Waals surface area contributed by atoms with E-state index in [2.05, 4.69) is 24.5 Å². The van der Waals surface area contributed by atoms with Crippen LogP contribution in [0.15, 0.2) is 48.5 Å². The molecule has 0 unspecified atom stereocenters. The van der Waals surface area contributed by atoms with E-state index in [-0.39, 0.29) is 11.0 Å². The maximum atomic E-state index is 12.5. The summed E-state index contributed by atoms with van der Waals surface area (Å²) in [5.41, 5.74) is 1.36. The van der Waals surface area contributed by atoms with Crippen molar-refractivity contribution in [1.29, 1.82) is 0 Å². The summed E-state index contributed by atoms with van der Waals surface area (Å²) >= 11 is 11.3. The van der Waals surface area contributed by atoms with Crippen molar-refractivity contribution in [1.82, 2.24) is 10.6 Å². The first-order valence-electron chi connectivity index (χ1n) is 8.51. The molecule has 0 saturated heterocycles. The minimum absolute atomic E-state index is 0.243. The SMILES string of the molecule is CC(C)CCOc1ccccc1C(=O)NC(=S)NCc1ccccc1Cl. The maximum absolute atomic E-state index is 12.5. The van der Waals surface area contributed by atoms with Gasteiger partial charge in [-0.2, -0.15) is 0 Å². The lowest BCUT2D eigenvalue weighted by Crippen LogP contribution is -2.39. The number of para-hydroxylation sites is 1. The molecule has 0 spiro atoms. The Labute approximate surface area is 164 Å². The van der Waals surface area contributed by atoms with Gasteiger partial charge in [-0.3, -0.25) is 10.1 Å². The zero-order chi connectivity index (χ0) is 18.9. The van der Waals surface area contributed by atoms with Crippen molar-refractivity contribution in [3.8, 4) is 5.75 Å². The maximum Gasteiger partial charge on any atom is 0.261 e. The number of halogens is 1. The summed E-state index contributed by atoms with van der Waals surface area (Å²) in [6, 6.07) is 14.6. The average Bonchev–Trinajstić information content (AvgIpc) is 2.61. The number of hydrogen-bond donors (Lipinski definition) is 2. The molecule has 0 radical (unpaired) electrons. The third-order valence-corrected chi connectivity index (χ3v) is 4.32. The lowest BCUT2D eigenvalue weighted by Gasteiger charge is -2.14. The number of benzene rings is 2. The highest BCUT2D eigenvalue weighted by atomic mass is 35.5. The van der Waals surface area contributed by atoms with Crippen LogP contribution in [-0.2, 0) is 6.54 Å². The minimum Gasteiger partial charge on any atom is -0.493 e. The minimum atomic E-state index is -0.304. The van der Waals surface area contributed by atoms with Gasteiger partial charge >= 0.3 is 0 Å². The lowest BCUT2D eigenvalue weighted by atomic mass is 10.1. The zero-order valence-electron chi connectivity index (χ0n) is 14.9. The number of amides is 1. The van der Waals surface area contributed by atoms with Gasteiger partial charge in [0, 0.05) is 11.6 Å². The van der Waals surface area contributed by atoms with Gasteiger partial charge in [0.15, 0.2) is 5.11 Å². The van der Waals surface area contributed by atoms with Crippen LogP contribution >= 0.6 is 23.8 Å². The van der Waals surface area contributed by atoms with Crippen molar-refractivity contribution in [3.63, 3.8) is 0 Å². The molecule has 0 aliphatic rings. The lowest BCUT2D eigenvalue weighted by molar-refractivity contribution is 0.0972. The molecule has 2 N–H and O–H groups in total. The van der Waals surface area contributed by atoms with Crippen molar-refractivity contribution in [2.75, 3.05) is 6.61 Å². The molecule has 6 heteroatoms. The fourth-order valence-corrected chi connectivity index (χ4v) is 2.58. The molecule has 0 aliphatic heterocycles. The van der Waals surface area contributed by atoms with Crippen molar-refractivity contribution in [2.24, 2.45) is 5.92 Å². The Balaban J connectivity index is 1.92. The molecule has 0 aliphatic carbocycles. The van der Waals surface area contributed by atoms with Crippen molar-refractivity contribution >= 4 is 34.8 Å². The van der Waals surface area contributed by atoms with E-state index in [1.807, 2.05) is 30.3 Å². The van der Waals surface area contributed by atoms with E-state index >= 15 is 0 Å². The van der Waals surface area contributed by atoms with E-state index in [0.717, 1.165) is 12.0 Å². The summed E-state index contributed by atoms with van der Waals surface area (Å²) in [5, 5.41) is 6.57. The molecule has 2 rings (SSSR count). The molecule has 0 fully saturated rings. The molecule has 0 heterocycles. The number of ether oxygens (including phenoxy) is 1. The van der Waals surface area contributed by atoms with Gasteiger partial charge in [0.05, 0.1) is 12.2 Å². The van der Waals surface area contributed by atoms with Crippen LogP contribution in [0.4, 0.5) is 0 Å². The summed E-state index contributed by atoms with van der Waals surface area (Å²) in [7, 11) is 0. The molecule has 2 aromatic rings. The number of carbonyl (C=O) groups is 1. The van der Waals surface area contributed by atoms with Gasteiger partial charge in [-0.25, -0.2) is 0 Å². The van der Waals surface area contributed by atoms with E-state index in [4.69, 9.17) is 28.6 Å². The second-order valence-electron chi connectivity index (χ2n) is 6.26. The van der Waals surface area contributed by atoms with E-state index in [1.165, 1.54) is 0 Å². The van der Waals surface area contributed by atoms with Crippen LogP contribution < -0.4 is 15.4 Å². The average molecular weight is 391 g/mol. The summed E-state index contributed by atoms with van der Waals surface area (Å²) in [4.78, 5) is 12.5. The molecule has 0 saturated carbocycles. The quantitative estimate of drug-likeness (QED) is 0.680. The van der Waals surface area contributed by atoms with Gasteiger partial charge in [-0.1, -0.05) is 55.8 Å². The highest BCUT2D eigenvalue weighted by Gasteiger charge is 2.13. The standard InChI is InChI=1S/C20H23ClN2O2S/c1-14(2)11-12-25-18-10-6-4-8-16(18)19(24)23-20(26)22-13-15-7-3-5-9-17(15)21/h3-10,14H,11-13H2,1-2H3,(H2,22,23,24,26).